The van der Waals surface area contributed by atoms with Crippen LogP contribution in [-0.2, 0) is 19.1 Å². The third kappa shape index (κ3) is 5.12. The van der Waals surface area contributed by atoms with Crippen LogP contribution in [0, 0.1) is 11.8 Å². The third-order valence-corrected chi connectivity index (χ3v) is 5.47. The Hall–Kier alpha value is -2.58. The Kier molecular flexibility index (Phi) is 6.83. The normalized spacial score (nSPS) is 26.7. The molecule has 1 saturated heterocycles. The van der Waals surface area contributed by atoms with Crippen molar-refractivity contribution in [2.75, 3.05) is 6.54 Å². The molecule has 4 atom stereocenters. The molecule has 30 heavy (non-hydrogen) atoms. The van der Waals surface area contributed by atoms with Gasteiger partial charge in [-0.25, -0.2) is 9.59 Å². The fourth-order valence-electron chi connectivity index (χ4n) is 3.75. The number of nitrogens with one attached hydrogen (secondary N) is 2. The van der Waals surface area contributed by atoms with Crippen molar-refractivity contribution < 1.29 is 29.0 Å². The molecule has 0 spiro atoms. The van der Waals surface area contributed by atoms with Gasteiger partial charge in [-0.1, -0.05) is 19.9 Å². The van der Waals surface area contributed by atoms with Crippen LogP contribution in [0.15, 0.2) is 12.7 Å². The summed E-state index contributed by atoms with van der Waals surface area (Å²) in [5.41, 5.74) is -2.05. The van der Waals surface area contributed by atoms with E-state index in [1.165, 1.54) is 11.0 Å². The van der Waals surface area contributed by atoms with E-state index in [0.717, 1.165) is 0 Å². The lowest BCUT2D eigenvalue weighted by Gasteiger charge is -2.31. The van der Waals surface area contributed by atoms with E-state index in [-0.39, 0.29) is 24.2 Å². The predicted octanol–water partition coefficient (Wildman–Crippen LogP) is 1.67. The summed E-state index contributed by atoms with van der Waals surface area (Å²) < 4.78 is 5.26. The van der Waals surface area contributed by atoms with E-state index in [9.17, 15) is 24.3 Å². The fourth-order valence-corrected chi connectivity index (χ4v) is 3.75. The highest BCUT2D eigenvalue weighted by Gasteiger charge is 2.61. The van der Waals surface area contributed by atoms with Gasteiger partial charge in [0.25, 0.3) is 0 Å². The SMILES string of the molecule is C=CC1C[C@]1(NC(=O)C1CCCN1C(=O)C(NC(=O)OC(C)(C)C)C(C)C)C(=O)O. The van der Waals surface area contributed by atoms with Crippen LogP contribution in [0.25, 0.3) is 0 Å². The molecule has 1 aliphatic heterocycles. The summed E-state index contributed by atoms with van der Waals surface area (Å²) in [6.45, 7) is 12.8. The third-order valence-electron chi connectivity index (χ3n) is 5.47. The summed E-state index contributed by atoms with van der Waals surface area (Å²) in [4.78, 5) is 51.3. The highest BCUT2D eigenvalue weighted by Crippen LogP contribution is 2.44. The van der Waals surface area contributed by atoms with E-state index < -0.39 is 41.2 Å². The number of rotatable bonds is 7. The van der Waals surface area contributed by atoms with Gasteiger partial charge < -0.3 is 25.4 Å². The zero-order valence-corrected chi connectivity index (χ0v) is 18.4. The zero-order valence-electron chi connectivity index (χ0n) is 18.4. The molecule has 168 valence electrons. The largest absolute Gasteiger partial charge is 0.479 e. The number of hydrogen-bond donors (Lipinski definition) is 3. The van der Waals surface area contributed by atoms with Gasteiger partial charge in [0.1, 0.15) is 23.2 Å². The number of aliphatic carboxylic acids is 1. The maximum atomic E-state index is 13.2. The van der Waals surface area contributed by atoms with Crippen LogP contribution >= 0.6 is 0 Å². The zero-order chi connectivity index (χ0) is 22.9. The molecule has 2 fully saturated rings. The molecule has 3 amide bonds. The Labute approximate surface area is 177 Å². The number of carbonyl (C=O) groups excluding carboxylic acids is 3. The summed E-state index contributed by atoms with van der Waals surface area (Å²) in [6, 6.07) is -1.63. The molecule has 0 aromatic heterocycles. The lowest BCUT2D eigenvalue weighted by Crippen LogP contribution is -2.57. The average Bonchev–Trinajstić information content (AvgIpc) is 3.10. The number of amides is 3. The molecule has 3 N–H and O–H groups in total. The molecule has 1 aliphatic carbocycles. The summed E-state index contributed by atoms with van der Waals surface area (Å²) in [7, 11) is 0. The molecule has 9 nitrogen and oxygen atoms in total. The topological polar surface area (TPSA) is 125 Å². The Balaban J connectivity index is 2.11. The summed E-state index contributed by atoms with van der Waals surface area (Å²) in [5, 5.41) is 14.8. The number of carboxylic acids is 1. The molecule has 1 saturated carbocycles. The fraction of sp³-hybridized carbons (Fsp3) is 0.714. The highest BCUT2D eigenvalue weighted by atomic mass is 16.6. The van der Waals surface area contributed by atoms with Crippen LogP contribution in [0.1, 0.15) is 53.9 Å². The minimum absolute atomic E-state index is 0.228. The van der Waals surface area contributed by atoms with Gasteiger partial charge in [0.05, 0.1) is 0 Å². The molecular weight excluding hydrogens is 390 g/mol. The lowest BCUT2D eigenvalue weighted by molar-refractivity contribution is -0.145. The first-order valence-corrected chi connectivity index (χ1v) is 10.3. The maximum absolute atomic E-state index is 13.2. The van der Waals surface area contributed by atoms with Crippen molar-refractivity contribution in [2.45, 2.75) is 77.1 Å². The Morgan fingerprint density at radius 3 is 2.37 bits per heavy atom. The van der Waals surface area contributed by atoms with E-state index in [2.05, 4.69) is 17.2 Å². The summed E-state index contributed by atoms with van der Waals surface area (Å²) in [6.07, 6.45) is 2.15. The van der Waals surface area contributed by atoms with Crippen LogP contribution in [0.2, 0.25) is 0 Å². The average molecular weight is 424 g/mol. The van der Waals surface area contributed by atoms with Crippen molar-refractivity contribution in [1.29, 1.82) is 0 Å². The lowest BCUT2D eigenvalue weighted by atomic mass is 10.0. The Bertz CT molecular complexity index is 729. The maximum Gasteiger partial charge on any atom is 0.408 e. The van der Waals surface area contributed by atoms with Gasteiger partial charge in [-0.15, -0.1) is 6.58 Å². The number of alkyl carbamates (subject to hydrolysis) is 1. The van der Waals surface area contributed by atoms with E-state index >= 15 is 0 Å². The second-order valence-corrected chi connectivity index (χ2v) is 9.37. The van der Waals surface area contributed by atoms with E-state index in [0.29, 0.717) is 19.4 Å². The molecule has 9 heteroatoms. The van der Waals surface area contributed by atoms with E-state index in [4.69, 9.17) is 4.74 Å². The van der Waals surface area contributed by atoms with Gasteiger partial charge in [-0.2, -0.15) is 0 Å². The van der Waals surface area contributed by atoms with Crippen molar-refractivity contribution in [3.05, 3.63) is 12.7 Å². The number of likely N-dealkylation sites (tertiary alicyclic amines) is 1. The number of carboxylic acid groups (broad SMARTS) is 1. The van der Waals surface area contributed by atoms with Crippen molar-refractivity contribution in [1.82, 2.24) is 15.5 Å². The minimum Gasteiger partial charge on any atom is -0.479 e. The van der Waals surface area contributed by atoms with Gasteiger partial charge in [-0.3, -0.25) is 9.59 Å². The number of nitrogens with zero attached hydrogens (tertiary/aromatic N) is 1. The van der Waals surface area contributed by atoms with Gasteiger partial charge in [0.15, 0.2) is 0 Å². The molecule has 2 rings (SSSR count). The van der Waals surface area contributed by atoms with E-state index in [1.54, 1.807) is 34.6 Å². The molecule has 0 aromatic carbocycles. The first-order chi connectivity index (χ1) is 13.8. The summed E-state index contributed by atoms with van der Waals surface area (Å²) in [5.74, 6) is -2.54. The second-order valence-electron chi connectivity index (χ2n) is 9.37. The molecule has 1 heterocycles. The van der Waals surface area contributed by atoms with Gasteiger partial charge >= 0.3 is 12.1 Å². The molecular formula is C21H33N3O6. The number of hydrogen-bond acceptors (Lipinski definition) is 5. The highest BCUT2D eigenvalue weighted by molar-refractivity contribution is 5.96. The molecule has 0 bridgehead atoms. The standard InChI is InChI=1S/C21H33N3O6/c1-7-13-11-21(13,18(27)28)23-16(25)14-9-8-10-24(14)17(26)15(12(2)3)22-19(29)30-20(4,5)6/h7,12-15H,1,8-11H2,2-6H3,(H,22,29)(H,23,25)(H,27,28)/t13?,14?,15?,21-/m1/s1. The van der Waals surface area contributed by atoms with Crippen LogP contribution < -0.4 is 10.6 Å². The van der Waals surface area contributed by atoms with Crippen molar-refractivity contribution in [3.63, 3.8) is 0 Å². The van der Waals surface area contributed by atoms with Crippen molar-refractivity contribution in [2.24, 2.45) is 11.8 Å². The van der Waals surface area contributed by atoms with Crippen molar-refractivity contribution in [3.8, 4) is 0 Å². The van der Waals surface area contributed by atoms with Crippen LogP contribution in [0.3, 0.4) is 0 Å². The number of ether oxygens (including phenoxy) is 1. The Morgan fingerprint density at radius 2 is 1.90 bits per heavy atom. The monoisotopic (exact) mass is 423 g/mol. The van der Waals surface area contributed by atoms with Gasteiger partial charge in [0, 0.05) is 12.5 Å². The van der Waals surface area contributed by atoms with Crippen molar-refractivity contribution >= 4 is 23.9 Å². The molecule has 0 aromatic rings. The summed E-state index contributed by atoms with van der Waals surface area (Å²) >= 11 is 0. The predicted molar refractivity (Wildman–Crippen MR) is 110 cm³/mol. The van der Waals surface area contributed by atoms with Gasteiger partial charge in [0.2, 0.25) is 11.8 Å². The van der Waals surface area contributed by atoms with Crippen LogP contribution in [-0.4, -0.2) is 63.7 Å². The number of carbonyl (C=O) groups is 4. The minimum atomic E-state index is -1.34. The molecule has 3 unspecified atom stereocenters. The van der Waals surface area contributed by atoms with Crippen LogP contribution in [0.5, 0.6) is 0 Å². The second kappa shape index (κ2) is 8.65. The van der Waals surface area contributed by atoms with Gasteiger partial charge in [-0.05, 0) is 46.0 Å². The van der Waals surface area contributed by atoms with Crippen LogP contribution in [0.4, 0.5) is 4.79 Å². The molecule has 2 aliphatic rings. The Morgan fingerprint density at radius 1 is 1.27 bits per heavy atom. The smallest absolute Gasteiger partial charge is 0.408 e. The molecule has 0 radical (unpaired) electrons. The first kappa shape index (κ1) is 23.7. The quantitative estimate of drug-likeness (QED) is 0.535. The first-order valence-electron chi connectivity index (χ1n) is 10.3. The van der Waals surface area contributed by atoms with E-state index in [1.807, 2.05) is 0 Å².